The monoisotopic (exact) mass is 372 g/mol. The molecule has 4 heteroatoms. The molecule has 28 heavy (non-hydrogen) atoms. The maximum absolute atomic E-state index is 4.25. The Morgan fingerprint density at radius 3 is 2.54 bits per heavy atom. The topological polar surface area (TPSA) is 33.1 Å². The van der Waals surface area contributed by atoms with E-state index in [1.807, 2.05) is 12.5 Å². The molecule has 2 aliphatic rings. The maximum Gasteiger partial charge on any atom is 0.0945 e. The fourth-order valence-electron chi connectivity index (χ4n) is 5.16. The SMILES string of the molecule is Cn1cncc1CN[C@H]1CC2(CCN(c3ccccc3)CC2)c2ccccc21. The molecule has 5 rings (SSSR count). The van der Waals surface area contributed by atoms with Crippen molar-refractivity contribution < 1.29 is 0 Å². The smallest absolute Gasteiger partial charge is 0.0945 e. The highest BCUT2D eigenvalue weighted by Crippen LogP contribution is 2.51. The molecule has 2 aromatic carbocycles. The summed E-state index contributed by atoms with van der Waals surface area (Å²) in [5.74, 6) is 0. The van der Waals surface area contributed by atoms with Gasteiger partial charge in [-0.05, 0) is 42.5 Å². The summed E-state index contributed by atoms with van der Waals surface area (Å²) >= 11 is 0. The number of nitrogens with one attached hydrogen (secondary N) is 1. The van der Waals surface area contributed by atoms with Gasteiger partial charge >= 0.3 is 0 Å². The first-order chi connectivity index (χ1) is 13.8. The average Bonchev–Trinajstić information content (AvgIpc) is 3.29. The van der Waals surface area contributed by atoms with Crippen molar-refractivity contribution >= 4 is 5.69 Å². The number of imidazole rings is 1. The number of benzene rings is 2. The Kier molecular flexibility index (Phi) is 4.44. The normalized spacial score (nSPS) is 20.5. The van der Waals surface area contributed by atoms with E-state index in [9.17, 15) is 0 Å². The van der Waals surface area contributed by atoms with Crippen molar-refractivity contribution in [3.05, 3.63) is 83.9 Å². The fourth-order valence-corrected chi connectivity index (χ4v) is 5.16. The summed E-state index contributed by atoms with van der Waals surface area (Å²) in [5, 5.41) is 3.82. The lowest BCUT2D eigenvalue weighted by atomic mass is 9.73. The second kappa shape index (κ2) is 7.10. The van der Waals surface area contributed by atoms with Crippen molar-refractivity contribution in [1.82, 2.24) is 14.9 Å². The number of hydrogen-bond donors (Lipinski definition) is 1. The molecule has 4 nitrogen and oxygen atoms in total. The minimum Gasteiger partial charge on any atom is -0.371 e. The van der Waals surface area contributed by atoms with Crippen LogP contribution in [0.15, 0.2) is 67.1 Å². The Bertz CT molecular complexity index is 938. The van der Waals surface area contributed by atoms with Gasteiger partial charge in [0.05, 0.1) is 12.0 Å². The van der Waals surface area contributed by atoms with Gasteiger partial charge in [-0.15, -0.1) is 0 Å². The van der Waals surface area contributed by atoms with E-state index in [4.69, 9.17) is 0 Å². The summed E-state index contributed by atoms with van der Waals surface area (Å²) in [6, 6.07) is 20.4. The standard InChI is InChI=1S/C24H28N4/c1-27-18-25-16-20(27)17-26-23-15-24(22-10-6-5-9-21(22)23)11-13-28(14-12-24)19-7-3-2-4-8-19/h2-10,16,18,23,26H,11-15,17H2,1H3/t23-/m0/s1. The van der Waals surface area contributed by atoms with Crippen molar-refractivity contribution in [2.24, 2.45) is 7.05 Å². The molecule has 0 unspecified atom stereocenters. The van der Waals surface area contributed by atoms with Crippen molar-refractivity contribution in [1.29, 1.82) is 0 Å². The fraction of sp³-hybridized carbons (Fsp3) is 0.375. The van der Waals surface area contributed by atoms with Crippen LogP contribution >= 0.6 is 0 Å². The van der Waals surface area contributed by atoms with Gasteiger partial charge in [0.15, 0.2) is 0 Å². The minimum absolute atomic E-state index is 0.312. The number of nitrogens with zero attached hydrogens (tertiary/aromatic N) is 3. The molecule has 0 amide bonds. The second-order valence-corrected chi connectivity index (χ2v) is 8.32. The van der Waals surface area contributed by atoms with E-state index in [0.717, 1.165) is 19.6 Å². The molecular weight excluding hydrogens is 344 g/mol. The molecule has 3 aromatic rings. The molecule has 1 fully saturated rings. The molecule has 2 heterocycles. The summed E-state index contributed by atoms with van der Waals surface area (Å²) in [4.78, 5) is 6.80. The van der Waals surface area contributed by atoms with Crippen molar-refractivity contribution in [2.75, 3.05) is 18.0 Å². The van der Waals surface area contributed by atoms with E-state index in [-0.39, 0.29) is 0 Å². The van der Waals surface area contributed by atoms with Gasteiger partial charge in [0, 0.05) is 50.0 Å². The molecule has 0 saturated carbocycles. The maximum atomic E-state index is 4.25. The van der Waals surface area contributed by atoms with Crippen molar-refractivity contribution in [3.63, 3.8) is 0 Å². The van der Waals surface area contributed by atoms with Gasteiger partial charge < -0.3 is 14.8 Å². The van der Waals surface area contributed by atoms with Gasteiger partial charge in [0.2, 0.25) is 0 Å². The van der Waals surface area contributed by atoms with Crippen LogP contribution in [0.4, 0.5) is 5.69 Å². The number of anilines is 1. The van der Waals surface area contributed by atoms with E-state index in [1.165, 1.54) is 36.2 Å². The third-order valence-electron chi connectivity index (χ3n) is 6.79. The number of para-hydroxylation sites is 1. The highest BCUT2D eigenvalue weighted by atomic mass is 15.1. The Morgan fingerprint density at radius 1 is 1.04 bits per heavy atom. The average molecular weight is 373 g/mol. The first kappa shape index (κ1) is 17.5. The molecule has 1 aliphatic heterocycles. The van der Waals surface area contributed by atoms with Gasteiger partial charge in [-0.3, -0.25) is 0 Å². The zero-order valence-electron chi connectivity index (χ0n) is 16.5. The van der Waals surface area contributed by atoms with Gasteiger partial charge in [-0.1, -0.05) is 42.5 Å². The summed E-state index contributed by atoms with van der Waals surface area (Å²) < 4.78 is 2.10. The molecule has 1 saturated heterocycles. The molecule has 0 bridgehead atoms. The third-order valence-corrected chi connectivity index (χ3v) is 6.79. The molecule has 1 N–H and O–H groups in total. The lowest BCUT2D eigenvalue weighted by molar-refractivity contribution is 0.300. The minimum atomic E-state index is 0.312. The Morgan fingerprint density at radius 2 is 1.79 bits per heavy atom. The Hall–Kier alpha value is -2.59. The highest BCUT2D eigenvalue weighted by molar-refractivity contribution is 5.49. The molecule has 1 aliphatic carbocycles. The van der Waals surface area contributed by atoms with Crippen LogP contribution in [0.25, 0.3) is 0 Å². The Balaban J connectivity index is 1.34. The van der Waals surface area contributed by atoms with Crippen molar-refractivity contribution in [2.45, 2.75) is 37.3 Å². The summed E-state index contributed by atoms with van der Waals surface area (Å²) in [5.41, 5.74) is 5.97. The number of fused-ring (bicyclic) bond motifs is 2. The zero-order valence-corrected chi connectivity index (χ0v) is 16.5. The Labute approximate surface area is 167 Å². The predicted octanol–water partition coefficient (Wildman–Crippen LogP) is 4.19. The van der Waals surface area contributed by atoms with Crippen LogP contribution in [0, 0.1) is 0 Å². The van der Waals surface area contributed by atoms with Crippen LogP contribution < -0.4 is 10.2 Å². The van der Waals surface area contributed by atoms with Gasteiger partial charge in [0.25, 0.3) is 0 Å². The lowest BCUT2D eigenvalue weighted by Gasteiger charge is -2.41. The quantitative estimate of drug-likeness (QED) is 0.745. The van der Waals surface area contributed by atoms with E-state index < -0.39 is 0 Å². The number of rotatable bonds is 4. The van der Waals surface area contributed by atoms with Crippen LogP contribution in [0.1, 0.15) is 42.1 Å². The first-order valence-corrected chi connectivity index (χ1v) is 10.3. The van der Waals surface area contributed by atoms with E-state index in [1.54, 1.807) is 5.56 Å². The molecule has 1 aromatic heterocycles. The van der Waals surface area contributed by atoms with Gasteiger partial charge in [0.1, 0.15) is 0 Å². The lowest BCUT2D eigenvalue weighted by Crippen LogP contribution is -2.42. The summed E-state index contributed by atoms with van der Waals surface area (Å²) in [6.07, 6.45) is 7.49. The van der Waals surface area contributed by atoms with E-state index >= 15 is 0 Å². The van der Waals surface area contributed by atoms with Crippen LogP contribution in [0.3, 0.4) is 0 Å². The molecule has 0 radical (unpaired) electrons. The van der Waals surface area contributed by atoms with E-state index in [0.29, 0.717) is 11.5 Å². The first-order valence-electron chi connectivity index (χ1n) is 10.3. The second-order valence-electron chi connectivity index (χ2n) is 8.32. The number of aromatic nitrogens is 2. The van der Waals surface area contributed by atoms with Crippen LogP contribution in [0.5, 0.6) is 0 Å². The molecule has 144 valence electrons. The number of hydrogen-bond acceptors (Lipinski definition) is 3. The third kappa shape index (κ3) is 3.02. The van der Waals surface area contributed by atoms with Gasteiger partial charge in [-0.25, -0.2) is 4.98 Å². The van der Waals surface area contributed by atoms with Crippen LogP contribution in [-0.2, 0) is 19.0 Å². The highest BCUT2D eigenvalue weighted by Gasteiger charge is 2.45. The molecule has 1 atom stereocenters. The van der Waals surface area contributed by atoms with Crippen LogP contribution in [-0.4, -0.2) is 22.6 Å². The molecular formula is C24H28N4. The van der Waals surface area contributed by atoms with Crippen LogP contribution in [0.2, 0.25) is 0 Å². The number of aryl methyl sites for hydroxylation is 1. The summed E-state index contributed by atoms with van der Waals surface area (Å²) in [6.45, 7) is 3.13. The van der Waals surface area contributed by atoms with E-state index in [2.05, 4.69) is 81.4 Å². The summed E-state index contributed by atoms with van der Waals surface area (Å²) in [7, 11) is 2.06. The number of piperidine rings is 1. The zero-order chi connectivity index (χ0) is 19.0. The predicted molar refractivity (Wildman–Crippen MR) is 113 cm³/mol. The van der Waals surface area contributed by atoms with Crippen molar-refractivity contribution in [3.8, 4) is 0 Å². The molecule has 1 spiro atoms. The largest absolute Gasteiger partial charge is 0.371 e. The van der Waals surface area contributed by atoms with Gasteiger partial charge in [-0.2, -0.15) is 0 Å².